The Kier molecular flexibility index (Phi) is 5.78. The van der Waals surface area contributed by atoms with Gasteiger partial charge in [-0.2, -0.15) is 17.5 Å². The third-order valence-corrected chi connectivity index (χ3v) is 5.99. The molecule has 1 aromatic carbocycles. The van der Waals surface area contributed by atoms with E-state index in [-0.39, 0.29) is 13.1 Å². The van der Waals surface area contributed by atoms with Crippen LogP contribution >= 0.6 is 11.6 Å². The first-order valence-electron chi connectivity index (χ1n) is 7.96. The topological polar surface area (TPSA) is 63.4 Å². The second kappa shape index (κ2) is 7.94. The lowest BCUT2D eigenvalue weighted by atomic mass is 10.2. The number of alkyl halides is 3. The molecule has 10 heteroatoms. The van der Waals surface area contributed by atoms with E-state index in [1.807, 2.05) is 0 Å². The van der Waals surface area contributed by atoms with Crippen molar-refractivity contribution in [1.82, 2.24) is 9.29 Å². The first-order chi connectivity index (χ1) is 13.2. The third kappa shape index (κ3) is 4.54. The normalized spacial score (nSPS) is 12.5. The average Bonchev–Trinajstić information content (AvgIpc) is 3.14. The van der Waals surface area contributed by atoms with Crippen LogP contribution in [0.3, 0.4) is 0 Å². The smallest absolute Gasteiger partial charge is 0.417 e. The van der Waals surface area contributed by atoms with Gasteiger partial charge in [0.1, 0.15) is 5.76 Å². The minimum Gasteiger partial charge on any atom is -0.468 e. The number of furan rings is 1. The van der Waals surface area contributed by atoms with Gasteiger partial charge in [-0.3, -0.25) is 4.98 Å². The first-order valence-corrected chi connectivity index (χ1v) is 9.78. The van der Waals surface area contributed by atoms with E-state index in [0.29, 0.717) is 17.4 Å². The molecule has 0 aliphatic carbocycles. The molecule has 3 aromatic rings. The van der Waals surface area contributed by atoms with Crippen molar-refractivity contribution in [3.05, 3.63) is 83.0 Å². The Balaban J connectivity index is 2.02. The molecule has 2 aromatic heterocycles. The van der Waals surface area contributed by atoms with Crippen LogP contribution in [0.15, 0.2) is 70.4 Å². The summed E-state index contributed by atoms with van der Waals surface area (Å²) in [5, 5.41) is -0.573. The van der Waals surface area contributed by atoms with Crippen LogP contribution in [0.4, 0.5) is 13.2 Å². The van der Waals surface area contributed by atoms with Crippen molar-refractivity contribution in [2.24, 2.45) is 0 Å². The zero-order valence-electron chi connectivity index (χ0n) is 14.2. The zero-order chi connectivity index (χ0) is 20.4. The van der Waals surface area contributed by atoms with Gasteiger partial charge in [0.15, 0.2) is 0 Å². The Morgan fingerprint density at radius 2 is 1.89 bits per heavy atom. The van der Waals surface area contributed by atoms with Gasteiger partial charge in [0, 0.05) is 18.9 Å². The molecule has 0 fully saturated rings. The monoisotopic (exact) mass is 430 g/mol. The Bertz CT molecular complexity index is 1040. The van der Waals surface area contributed by atoms with E-state index in [0.717, 1.165) is 16.4 Å². The van der Waals surface area contributed by atoms with Crippen molar-refractivity contribution in [1.29, 1.82) is 0 Å². The number of aromatic nitrogens is 1. The fourth-order valence-corrected chi connectivity index (χ4v) is 4.17. The van der Waals surface area contributed by atoms with Crippen molar-refractivity contribution < 1.29 is 26.0 Å². The van der Waals surface area contributed by atoms with Gasteiger partial charge < -0.3 is 4.42 Å². The van der Waals surface area contributed by atoms with E-state index in [2.05, 4.69) is 4.98 Å². The number of nitrogens with zero attached hydrogens (tertiary/aromatic N) is 2. The lowest BCUT2D eigenvalue weighted by Crippen LogP contribution is -2.30. The van der Waals surface area contributed by atoms with Gasteiger partial charge >= 0.3 is 6.18 Å². The van der Waals surface area contributed by atoms with E-state index < -0.39 is 31.7 Å². The van der Waals surface area contributed by atoms with E-state index in [1.54, 1.807) is 24.3 Å². The molecular formula is C18H14ClF3N2O3S. The molecule has 0 bridgehead atoms. The van der Waals surface area contributed by atoms with Gasteiger partial charge in [0.05, 0.1) is 28.3 Å². The highest BCUT2D eigenvalue weighted by molar-refractivity contribution is 7.89. The second-order valence-electron chi connectivity index (χ2n) is 5.85. The molecule has 0 aliphatic heterocycles. The van der Waals surface area contributed by atoms with Crippen LogP contribution in [0, 0.1) is 0 Å². The number of pyridine rings is 1. The highest BCUT2D eigenvalue weighted by atomic mass is 35.5. The van der Waals surface area contributed by atoms with E-state index in [9.17, 15) is 21.6 Å². The van der Waals surface area contributed by atoms with Gasteiger partial charge in [0.25, 0.3) is 0 Å². The Hall–Kier alpha value is -2.36. The van der Waals surface area contributed by atoms with Crippen LogP contribution in [-0.2, 0) is 29.3 Å². The molecule has 2 heterocycles. The maximum atomic E-state index is 13.2. The predicted molar refractivity (Wildman–Crippen MR) is 95.8 cm³/mol. The quantitative estimate of drug-likeness (QED) is 0.566. The summed E-state index contributed by atoms with van der Waals surface area (Å²) in [4.78, 5) is 3.42. The van der Waals surface area contributed by atoms with Crippen molar-refractivity contribution in [2.75, 3.05) is 0 Å². The summed E-state index contributed by atoms with van der Waals surface area (Å²) in [5.74, 6) is 0.345. The minimum atomic E-state index is -4.78. The molecule has 0 spiro atoms. The summed E-state index contributed by atoms with van der Waals surface area (Å²) in [7, 11) is -4.29. The molecule has 0 aliphatic rings. The zero-order valence-corrected chi connectivity index (χ0v) is 15.8. The van der Waals surface area contributed by atoms with Crippen LogP contribution in [0.5, 0.6) is 0 Å². The third-order valence-electron chi connectivity index (χ3n) is 3.88. The molecular weight excluding hydrogens is 417 g/mol. The summed E-state index contributed by atoms with van der Waals surface area (Å²) in [6.07, 6.45) is -0.386. The average molecular weight is 431 g/mol. The number of hydrogen-bond acceptors (Lipinski definition) is 4. The van der Waals surface area contributed by atoms with Gasteiger partial charge in [0.2, 0.25) is 10.0 Å². The largest absolute Gasteiger partial charge is 0.468 e. The van der Waals surface area contributed by atoms with Crippen LogP contribution in [0.1, 0.15) is 16.9 Å². The lowest BCUT2D eigenvalue weighted by molar-refractivity contribution is -0.137. The molecule has 0 radical (unpaired) electrons. The minimum absolute atomic E-state index is 0.0964. The number of hydrogen-bond donors (Lipinski definition) is 0. The van der Waals surface area contributed by atoms with E-state index in [1.165, 1.54) is 18.7 Å². The molecule has 28 heavy (non-hydrogen) atoms. The van der Waals surface area contributed by atoms with Crippen LogP contribution in [0.2, 0.25) is 5.02 Å². The summed E-state index contributed by atoms with van der Waals surface area (Å²) >= 11 is 5.60. The van der Waals surface area contributed by atoms with E-state index in [4.69, 9.17) is 16.0 Å². The molecule has 0 N–H and O–H groups in total. The van der Waals surface area contributed by atoms with Gasteiger partial charge in [-0.15, -0.1) is 0 Å². The molecule has 148 valence electrons. The van der Waals surface area contributed by atoms with Gasteiger partial charge in [-0.1, -0.05) is 17.7 Å². The summed E-state index contributed by atoms with van der Waals surface area (Å²) in [6.45, 7) is -0.255. The van der Waals surface area contributed by atoms with Crippen molar-refractivity contribution in [3.63, 3.8) is 0 Å². The maximum Gasteiger partial charge on any atom is 0.417 e. The second-order valence-corrected chi connectivity index (χ2v) is 8.20. The molecule has 5 nitrogen and oxygen atoms in total. The van der Waals surface area contributed by atoms with Gasteiger partial charge in [-0.25, -0.2) is 8.42 Å². The number of rotatable bonds is 6. The molecule has 0 saturated carbocycles. The SMILES string of the molecule is O=S(=O)(c1ccc(Cl)c(C(F)(F)F)c1)N(Cc1cccnc1)Cc1ccco1. The predicted octanol–water partition coefficient (Wildman–Crippen LogP) is 4.74. The summed E-state index contributed by atoms with van der Waals surface area (Å²) in [5.41, 5.74) is -0.641. The van der Waals surface area contributed by atoms with Crippen LogP contribution < -0.4 is 0 Å². The molecule has 3 rings (SSSR count). The number of sulfonamides is 1. The Morgan fingerprint density at radius 3 is 2.50 bits per heavy atom. The molecule has 0 saturated heterocycles. The fourth-order valence-electron chi connectivity index (χ4n) is 2.53. The molecule has 0 unspecified atom stereocenters. The van der Waals surface area contributed by atoms with Crippen molar-refractivity contribution in [3.8, 4) is 0 Å². The highest BCUT2D eigenvalue weighted by Gasteiger charge is 2.35. The maximum absolute atomic E-state index is 13.2. The standard InChI is InChI=1S/C18H14ClF3N2O3S/c19-17-6-5-15(9-16(17)18(20,21)22)28(25,26)24(12-14-4-2-8-27-14)11-13-3-1-7-23-10-13/h1-10H,11-12H2. The number of benzene rings is 1. The lowest BCUT2D eigenvalue weighted by Gasteiger charge is -2.22. The van der Waals surface area contributed by atoms with Crippen molar-refractivity contribution >= 4 is 21.6 Å². The van der Waals surface area contributed by atoms with Gasteiger partial charge in [-0.05, 0) is 42.0 Å². The Morgan fingerprint density at radius 1 is 1.11 bits per heavy atom. The van der Waals surface area contributed by atoms with Crippen molar-refractivity contribution in [2.45, 2.75) is 24.2 Å². The Labute approximate surface area is 164 Å². The first kappa shape index (κ1) is 20.4. The summed E-state index contributed by atoms with van der Waals surface area (Å²) in [6, 6.07) is 8.98. The molecule has 0 atom stereocenters. The summed E-state index contributed by atoms with van der Waals surface area (Å²) < 4.78 is 71.9. The number of halogens is 4. The fraction of sp³-hybridized carbons (Fsp3) is 0.167. The van der Waals surface area contributed by atoms with Crippen LogP contribution in [-0.4, -0.2) is 17.7 Å². The molecule has 0 amide bonds. The highest BCUT2D eigenvalue weighted by Crippen LogP contribution is 2.36. The van der Waals surface area contributed by atoms with Crippen LogP contribution in [0.25, 0.3) is 0 Å². The van der Waals surface area contributed by atoms with E-state index >= 15 is 0 Å².